The standard InChI is InChI=1S/C12H18N6O2/c1-4-6-13-10-14-11(19-5-2)16-12(15-10)20-9-7-8(3)17-18-9/h7H,4-6H2,1-3H3,(H,17,18)(H,13,14,15,16). The van der Waals surface area contributed by atoms with E-state index < -0.39 is 0 Å². The highest BCUT2D eigenvalue weighted by Crippen LogP contribution is 2.19. The second kappa shape index (κ2) is 6.69. The Bertz CT molecular complexity index is 557. The number of ether oxygens (including phenoxy) is 2. The summed E-state index contributed by atoms with van der Waals surface area (Å²) in [6, 6.07) is 2.13. The van der Waals surface area contributed by atoms with Crippen molar-refractivity contribution in [2.45, 2.75) is 27.2 Å². The lowest BCUT2D eigenvalue weighted by Crippen LogP contribution is -2.08. The van der Waals surface area contributed by atoms with E-state index in [1.165, 1.54) is 0 Å². The maximum atomic E-state index is 5.48. The van der Waals surface area contributed by atoms with Crippen molar-refractivity contribution in [3.8, 4) is 17.9 Å². The van der Waals surface area contributed by atoms with Crippen LogP contribution < -0.4 is 14.8 Å². The fraction of sp³-hybridized carbons (Fsp3) is 0.500. The molecule has 0 amide bonds. The number of H-pyrrole nitrogens is 1. The Labute approximate surface area is 117 Å². The van der Waals surface area contributed by atoms with Crippen LogP contribution >= 0.6 is 0 Å². The number of anilines is 1. The topological polar surface area (TPSA) is 97.8 Å². The number of aromatic nitrogens is 5. The predicted molar refractivity (Wildman–Crippen MR) is 73.2 cm³/mol. The Morgan fingerprint density at radius 2 is 2.00 bits per heavy atom. The number of nitrogens with one attached hydrogen (secondary N) is 2. The smallest absolute Gasteiger partial charge is 0.331 e. The molecule has 0 bridgehead atoms. The molecule has 20 heavy (non-hydrogen) atoms. The SMILES string of the molecule is CCCNc1nc(OCC)nc(Oc2cc(C)[nH]n2)n1. The summed E-state index contributed by atoms with van der Waals surface area (Å²) < 4.78 is 10.8. The first-order chi connectivity index (χ1) is 9.71. The molecule has 8 heteroatoms. The largest absolute Gasteiger partial charge is 0.464 e. The fourth-order valence-electron chi connectivity index (χ4n) is 1.43. The predicted octanol–water partition coefficient (Wildman–Crippen LogP) is 1.92. The van der Waals surface area contributed by atoms with E-state index in [4.69, 9.17) is 9.47 Å². The van der Waals surface area contributed by atoms with E-state index in [2.05, 4.69) is 37.4 Å². The van der Waals surface area contributed by atoms with Gasteiger partial charge in [-0.3, -0.25) is 5.10 Å². The monoisotopic (exact) mass is 278 g/mol. The van der Waals surface area contributed by atoms with Crippen LogP contribution in [0, 0.1) is 6.92 Å². The van der Waals surface area contributed by atoms with E-state index in [9.17, 15) is 0 Å². The van der Waals surface area contributed by atoms with Gasteiger partial charge in [-0.05, 0) is 20.3 Å². The van der Waals surface area contributed by atoms with Gasteiger partial charge in [-0.25, -0.2) is 0 Å². The number of rotatable bonds is 7. The summed E-state index contributed by atoms with van der Waals surface area (Å²) in [7, 11) is 0. The van der Waals surface area contributed by atoms with Gasteiger partial charge in [0.1, 0.15) is 0 Å². The molecule has 2 aromatic heterocycles. The van der Waals surface area contributed by atoms with E-state index >= 15 is 0 Å². The Morgan fingerprint density at radius 1 is 1.20 bits per heavy atom. The summed E-state index contributed by atoms with van der Waals surface area (Å²) >= 11 is 0. The van der Waals surface area contributed by atoms with Gasteiger partial charge in [-0.1, -0.05) is 6.92 Å². The minimum absolute atomic E-state index is 0.147. The molecule has 0 aliphatic rings. The first kappa shape index (κ1) is 14.0. The molecule has 2 aromatic rings. The molecule has 8 nitrogen and oxygen atoms in total. The molecule has 108 valence electrons. The maximum absolute atomic E-state index is 5.48. The Hall–Kier alpha value is -2.38. The molecule has 0 atom stereocenters. The van der Waals surface area contributed by atoms with Gasteiger partial charge in [-0.15, -0.1) is 10.1 Å². The lowest BCUT2D eigenvalue weighted by Gasteiger charge is -2.07. The van der Waals surface area contributed by atoms with Crippen LogP contribution in [0.25, 0.3) is 0 Å². The fourth-order valence-corrected chi connectivity index (χ4v) is 1.43. The van der Waals surface area contributed by atoms with Crippen molar-refractivity contribution < 1.29 is 9.47 Å². The summed E-state index contributed by atoms with van der Waals surface area (Å²) in [4.78, 5) is 12.4. The lowest BCUT2D eigenvalue weighted by molar-refractivity contribution is 0.303. The third kappa shape index (κ3) is 3.81. The molecule has 2 N–H and O–H groups in total. The van der Waals surface area contributed by atoms with E-state index in [1.54, 1.807) is 6.07 Å². The van der Waals surface area contributed by atoms with E-state index in [1.807, 2.05) is 13.8 Å². The second-order valence-electron chi connectivity index (χ2n) is 4.08. The van der Waals surface area contributed by atoms with Crippen LogP contribution in [-0.4, -0.2) is 38.3 Å². The number of nitrogens with zero attached hydrogens (tertiary/aromatic N) is 4. The van der Waals surface area contributed by atoms with Crippen LogP contribution in [0.3, 0.4) is 0 Å². The van der Waals surface area contributed by atoms with Crippen LogP contribution in [0.1, 0.15) is 26.0 Å². The van der Waals surface area contributed by atoms with Crippen molar-refractivity contribution >= 4 is 5.95 Å². The van der Waals surface area contributed by atoms with Gasteiger partial charge in [0.15, 0.2) is 0 Å². The van der Waals surface area contributed by atoms with Gasteiger partial charge in [0.05, 0.1) is 6.61 Å². The van der Waals surface area contributed by atoms with Gasteiger partial charge in [0, 0.05) is 18.3 Å². The lowest BCUT2D eigenvalue weighted by atomic mass is 10.5. The Morgan fingerprint density at radius 3 is 2.65 bits per heavy atom. The number of hydrogen-bond donors (Lipinski definition) is 2. The van der Waals surface area contributed by atoms with Crippen LogP contribution in [0.15, 0.2) is 6.07 Å². The summed E-state index contributed by atoms with van der Waals surface area (Å²) in [6.07, 6.45) is 0.963. The molecule has 0 aliphatic heterocycles. The minimum atomic E-state index is 0.147. The molecule has 0 saturated heterocycles. The molecule has 0 spiro atoms. The second-order valence-corrected chi connectivity index (χ2v) is 4.08. The molecule has 0 aromatic carbocycles. The van der Waals surface area contributed by atoms with Gasteiger partial charge in [0.2, 0.25) is 11.8 Å². The average molecular weight is 278 g/mol. The van der Waals surface area contributed by atoms with Crippen LogP contribution in [0.5, 0.6) is 17.9 Å². The Kier molecular flexibility index (Phi) is 4.70. The third-order valence-electron chi connectivity index (χ3n) is 2.28. The normalized spacial score (nSPS) is 10.3. The van der Waals surface area contributed by atoms with E-state index in [0.29, 0.717) is 18.4 Å². The molecule has 0 fully saturated rings. The van der Waals surface area contributed by atoms with Crippen molar-refractivity contribution in [1.82, 2.24) is 25.1 Å². The number of aromatic amines is 1. The summed E-state index contributed by atoms with van der Waals surface area (Å²) in [5, 5.41) is 9.83. The van der Waals surface area contributed by atoms with Crippen LogP contribution in [0.2, 0.25) is 0 Å². The molecule has 0 unspecified atom stereocenters. The molecular weight excluding hydrogens is 260 g/mol. The highest BCUT2D eigenvalue weighted by atomic mass is 16.5. The van der Waals surface area contributed by atoms with Crippen molar-refractivity contribution in [3.05, 3.63) is 11.8 Å². The summed E-state index contributed by atoms with van der Waals surface area (Å²) in [5.41, 5.74) is 0.892. The maximum Gasteiger partial charge on any atom is 0.331 e. The quantitative estimate of drug-likeness (QED) is 0.798. The number of hydrogen-bond acceptors (Lipinski definition) is 7. The van der Waals surface area contributed by atoms with Crippen LogP contribution in [0.4, 0.5) is 5.95 Å². The van der Waals surface area contributed by atoms with Crippen molar-refractivity contribution in [3.63, 3.8) is 0 Å². The highest BCUT2D eigenvalue weighted by molar-refractivity contribution is 5.28. The van der Waals surface area contributed by atoms with Crippen molar-refractivity contribution in [1.29, 1.82) is 0 Å². The first-order valence-electron chi connectivity index (χ1n) is 6.54. The van der Waals surface area contributed by atoms with E-state index in [0.717, 1.165) is 18.7 Å². The van der Waals surface area contributed by atoms with Crippen LogP contribution in [-0.2, 0) is 0 Å². The zero-order valence-corrected chi connectivity index (χ0v) is 11.8. The average Bonchev–Trinajstić information content (AvgIpc) is 2.82. The number of aryl methyl sites for hydroxylation is 1. The first-order valence-corrected chi connectivity index (χ1v) is 6.54. The highest BCUT2D eigenvalue weighted by Gasteiger charge is 2.10. The van der Waals surface area contributed by atoms with Gasteiger partial charge in [0.25, 0.3) is 0 Å². The minimum Gasteiger partial charge on any atom is -0.464 e. The Balaban J connectivity index is 2.18. The van der Waals surface area contributed by atoms with Crippen molar-refractivity contribution in [2.75, 3.05) is 18.5 Å². The van der Waals surface area contributed by atoms with Gasteiger partial charge in [-0.2, -0.15) is 9.97 Å². The zero-order chi connectivity index (χ0) is 14.4. The molecule has 0 saturated carbocycles. The molecule has 2 rings (SSSR count). The third-order valence-corrected chi connectivity index (χ3v) is 2.28. The van der Waals surface area contributed by atoms with Crippen molar-refractivity contribution in [2.24, 2.45) is 0 Å². The summed E-state index contributed by atoms with van der Waals surface area (Å²) in [6.45, 7) is 7.03. The summed E-state index contributed by atoms with van der Waals surface area (Å²) in [5.74, 6) is 0.824. The van der Waals surface area contributed by atoms with E-state index in [-0.39, 0.29) is 12.0 Å². The molecule has 2 heterocycles. The molecule has 0 radical (unpaired) electrons. The molecule has 0 aliphatic carbocycles. The van der Waals surface area contributed by atoms with Gasteiger partial charge < -0.3 is 14.8 Å². The molecular formula is C12H18N6O2. The van der Waals surface area contributed by atoms with Gasteiger partial charge >= 0.3 is 12.0 Å². The zero-order valence-electron chi connectivity index (χ0n) is 11.8.